The van der Waals surface area contributed by atoms with Crippen molar-refractivity contribution in [2.45, 2.75) is 84.3 Å². The van der Waals surface area contributed by atoms with E-state index in [4.69, 9.17) is 24.7 Å². The maximum atomic E-state index is 12.2. The fourth-order valence-corrected chi connectivity index (χ4v) is 2.43. The van der Waals surface area contributed by atoms with Gasteiger partial charge in [0.2, 0.25) is 11.9 Å². The zero-order chi connectivity index (χ0) is 22.9. The van der Waals surface area contributed by atoms with Crippen LogP contribution in [0.5, 0.6) is 0 Å². The Morgan fingerprint density at radius 3 is 1.87 bits per heavy atom. The Kier molecular flexibility index (Phi) is 9.50. The lowest BCUT2D eigenvalue weighted by Crippen LogP contribution is -2.47. The molecule has 4 N–H and O–H groups in total. The molecule has 3 amide bonds. The third-order valence-corrected chi connectivity index (χ3v) is 3.41. The number of amides is 3. The van der Waals surface area contributed by atoms with Gasteiger partial charge in [-0.3, -0.25) is 15.4 Å². The van der Waals surface area contributed by atoms with Crippen molar-refractivity contribution in [3.05, 3.63) is 0 Å². The van der Waals surface area contributed by atoms with Crippen LogP contribution in [0, 0.1) is 0 Å². The molecule has 0 aliphatic carbocycles. The van der Waals surface area contributed by atoms with Gasteiger partial charge in [0.15, 0.2) is 6.29 Å². The molecular formula is C19H34N4O7. The van der Waals surface area contributed by atoms with E-state index >= 15 is 0 Å². The van der Waals surface area contributed by atoms with Crippen molar-refractivity contribution >= 4 is 24.1 Å². The number of carbonyl (C=O) groups excluding carboxylic acids is 3. The summed E-state index contributed by atoms with van der Waals surface area (Å²) in [6.45, 7) is 11.2. The number of nitrogens with two attached hydrogens (primary N) is 1. The topological polar surface area (TPSA) is 151 Å². The molecule has 1 rings (SSSR count). The number of guanidine groups is 1. The number of rotatable bonds is 6. The number of ether oxygens (including phenoxy) is 4. The summed E-state index contributed by atoms with van der Waals surface area (Å²) in [4.78, 5) is 40.1. The quantitative estimate of drug-likeness (QED) is 0.429. The van der Waals surface area contributed by atoms with Crippen LogP contribution in [-0.2, 0) is 23.7 Å². The first kappa shape index (κ1) is 25.6. The number of alkyl carbamates (subject to hydrolysis) is 2. The summed E-state index contributed by atoms with van der Waals surface area (Å²) >= 11 is 0. The Balaban J connectivity index is 2.95. The Bertz CT molecular complexity index is 600. The van der Waals surface area contributed by atoms with E-state index in [1.54, 1.807) is 41.5 Å². The Hall–Kier alpha value is -2.40. The molecule has 11 nitrogen and oxygen atoms in total. The zero-order valence-electron chi connectivity index (χ0n) is 18.6. The van der Waals surface area contributed by atoms with Gasteiger partial charge in [-0.2, -0.15) is 0 Å². The van der Waals surface area contributed by atoms with Crippen molar-refractivity contribution in [2.24, 2.45) is 10.7 Å². The van der Waals surface area contributed by atoms with Crippen molar-refractivity contribution < 1.29 is 33.3 Å². The van der Waals surface area contributed by atoms with E-state index in [9.17, 15) is 14.4 Å². The number of aliphatic imine (C=N–C) groups is 1. The van der Waals surface area contributed by atoms with Gasteiger partial charge in [-0.1, -0.05) is 0 Å². The molecule has 0 aromatic carbocycles. The summed E-state index contributed by atoms with van der Waals surface area (Å²) in [6, 6.07) is -0.629. The zero-order valence-corrected chi connectivity index (χ0v) is 18.6. The molecular weight excluding hydrogens is 396 g/mol. The third kappa shape index (κ3) is 12.2. The van der Waals surface area contributed by atoms with Crippen LogP contribution < -0.4 is 16.4 Å². The third-order valence-electron chi connectivity index (χ3n) is 3.41. The molecule has 0 bridgehead atoms. The van der Waals surface area contributed by atoms with Gasteiger partial charge in [0, 0.05) is 12.8 Å². The van der Waals surface area contributed by atoms with Gasteiger partial charge < -0.3 is 24.7 Å². The number of primary amides is 1. The van der Waals surface area contributed by atoms with Gasteiger partial charge in [-0.05, 0) is 48.0 Å². The summed E-state index contributed by atoms with van der Waals surface area (Å²) in [7, 11) is 0. The SMILES string of the molecule is CC(C)(C)OC(=O)NC(=NC(CCC1OCCO1)CC(N)=O)NC(=O)OC(C)(C)C. The summed E-state index contributed by atoms with van der Waals surface area (Å²) in [6.07, 6.45) is -1.29. The fraction of sp³-hybridized carbons (Fsp3) is 0.789. The molecule has 30 heavy (non-hydrogen) atoms. The highest BCUT2D eigenvalue weighted by molar-refractivity contribution is 6.01. The largest absolute Gasteiger partial charge is 0.444 e. The van der Waals surface area contributed by atoms with Crippen LogP contribution in [0.4, 0.5) is 9.59 Å². The van der Waals surface area contributed by atoms with Crippen molar-refractivity contribution in [1.29, 1.82) is 0 Å². The molecule has 0 radical (unpaired) electrons. The van der Waals surface area contributed by atoms with Crippen LogP contribution in [-0.4, -0.2) is 60.8 Å². The molecule has 1 atom stereocenters. The van der Waals surface area contributed by atoms with Crippen LogP contribution in [0.1, 0.15) is 60.8 Å². The van der Waals surface area contributed by atoms with Gasteiger partial charge in [0.1, 0.15) is 11.2 Å². The highest BCUT2D eigenvalue weighted by atomic mass is 16.7. The first-order chi connectivity index (χ1) is 13.7. The lowest BCUT2D eigenvalue weighted by atomic mass is 10.1. The molecule has 11 heteroatoms. The van der Waals surface area contributed by atoms with Gasteiger partial charge in [0.05, 0.1) is 19.3 Å². The molecule has 1 unspecified atom stereocenters. The molecule has 0 spiro atoms. The van der Waals surface area contributed by atoms with Crippen molar-refractivity contribution in [1.82, 2.24) is 10.6 Å². The normalized spacial score (nSPS) is 15.8. The van der Waals surface area contributed by atoms with Crippen LogP contribution in [0.3, 0.4) is 0 Å². The average Bonchev–Trinajstić information content (AvgIpc) is 3.01. The summed E-state index contributed by atoms with van der Waals surface area (Å²) in [5, 5.41) is 4.77. The molecule has 1 fully saturated rings. The second-order valence-corrected chi connectivity index (χ2v) is 8.80. The minimum absolute atomic E-state index is 0.0950. The second kappa shape index (κ2) is 11.1. The smallest absolute Gasteiger partial charge is 0.414 e. The number of hydrogen-bond acceptors (Lipinski definition) is 8. The standard InChI is InChI=1S/C19H34N4O7/c1-18(2,3)29-16(25)22-15(23-17(26)30-19(4,5)6)21-12(11-13(20)24)7-8-14-27-9-10-28-14/h12,14H,7-11H2,1-6H3,(H2,20,24)(H2,21,22,23,25,26). The molecule has 1 heterocycles. The first-order valence-electron chi connectivity index (χ1n) is 9.83. The highest BCUT2D eigenvalue weighted by Crippen LogP contribution is 2.15. The lowest BCUT2D eigenvalue weighted by Gasteiger charge is -2.23. The van der Waals surface area contributed by atoms with E-state index in [0.717, 1.165) is 0 Å². The van der Waals surface area contributed by atoms with Crippen molar-refractivity contribution in [2.75, 3.05) is 13.2 Å². The maximum Gasteiger partial charge on any atom is 0.414 e. The summed E-state index contributed by atoms with van der Waals surface area (Å²) < 4.78 is 21.2. The predicted octanol–water partition coefficient (Wildman–Crippen LogP) is 1.79. The molecule has 1 saturated heterocycles. The van der Waals surface area contributed by atoms with E-state index in [0.29, 0.717) is 26.1 Å². The monoisotopic (exact) mass is 430 g/mol. The van der Waals surface area contributed by atoms with Gasteiger partial charge >= 0.3 is 12.2 Å². The molecule has 1 aliphatic rings. The van der Waals surface area contributed by atoms with Gasteiger partial charge in [-0.25, -0.2) is 14.6 Å². The first-order valence-corrected chi connectivity index (χ1v) is 9.83. The van der Waals surface area contributed by atoms with Gasteiger partial charge in [-0.15, -0.1) is 0 Å². The van der Waals surface area contributed by atoms with Crippen LogP contribution in [0.25, 0.3) is 0 Å². The number of hydrogen-bond donors (Lipinski definition) is 3. The fourth-order valence-electron chi connectivity index (χ4n) is 2.43. The number of nitrogens with zero attached hydrogens (tertiary/aromatic N) is 1. The Morgan fingerprint density at radius 1 is 1.00 bits per heavy atom. The number of carbonyl (C=O) groups is 3. The second-order valence-electron chi connectivity index (χ2n) is 8.80. The van der Waals surface area contributed by atoms with Crippen molar-refractivity contribution in [3.63, 3.8) is 0 Å². The van der Waals surface area contributed by atoms with E-state index in [1.807, 2.05) is 0 Å². The predicted molar refractivity (Wildman–Crippen MR) is 109 cm³/mol. The minimum Gasteiger partial charge on any atom is -0.444 e. The van der Waals surface area contributed by atoms with E-state index in [1.165, 1.54) is 0 Å². The Labute approximate surface area is 177 Å². The van der Waals surface area contributed by atoms with E-state index < -0.39 is 41.6 Å². The van der Waals surface area contributed by atoms with Gasteiger partial charge in [0.25, 0.3) is 0 Å². The molecule has 1 aliphatic heterocycles. The molecule has 0 saturated carbocycles. The molecule has 172 valence electrons. The maximum absolute atomic E-state index is 12.2. The summed E-state index contributed by atoms with van der Waals surface area (Å²) in [5.74, 6) is -0.788. The van der Waals surface area contributed by atoms with Crippen molar-refractivity contribution in [3.8, 4) is 0 Å². The molecule has 0 aromatic rings. The van der Waals surface area contributed by atoms with Crippen LogP contribution in [0.15, 0.2) is 4.99 Å². The average molecular weight is 431 g/mol. The number of nitrogens with one attached hydrogen (secondary N) is 2. The van der Waals surface area contributed by atoms with Crippen LogP contribution >= 0.6 is 0 Å². The molecule has 0 aromatic heterocycles. The Morgan fingerprint density at radius 2 is 1.47 bits per heavy atom. The minimum atomic E-state index is -0.822. The lowest BCUT2D eigenvalue weighted by molar-refractivity contribution is -0.118. The van der Waals surface area contributed by atoms with E-state index in [-0.39, 0.29) is 12.4 Å². The van der Waals surface area contributed by atoms with Crippen LogP contribution in [0.2, 0.25) is 0 Å². The summed E-state index contributed by atoms with van der Waals surface area (Å²) in [5.41, 5.74) is 3.81. The van der Waals surface area contributed by atoms with E-state index in [2.05, 4.69) is 15.6 Å². The highest BCUT2D eigenvalue weighted by Gasteiger charge is 2.24.